The second kappa shape index (κ2) is 6.87. The molecule has 0 N–H and O–H groups in total. The van der Waals surface area contributed by atoms with Crippen LogP contribution in [-0.2, 0) is 11.3 Å². The maximum absolute atomic E-state index is 6.03. The van der Waals surface area contributed by atoms with Gasteiger partial charge >= 0.3 is 0 Å². The molecule has 0 amide bonds. The van der Waals surface area contributed by atoms with E-state index >= 15 is 0 Å². The van der Waals surface area contributed by atoms with E-state index in [0.29, 0.717) is 0 Å². The maximum atomic E-state index is 6.03. The summed E-state index contributed by atoms with van der Waals surface area (Å²) in [5.41, 5.74) is 6.32. The van der Waals surface area contributed by atoms with E-state index in [1.807, 2.05) is 0 Å². The van der Waals surface area contributed by atoms with Gasteiger partial charge in [0.1, 0.15) is 6.23 Å². The summed E-state index contributed by atoms with van der Waals surface area (Å²) in [7, 11) is 0. The fourth-order valence-electron chi connectivity index (χ4n) is 3.45. The molecule has 1 atom stereocenters. The van der Waals surface area contributed by atoms with Gasteiger partial charge in [-0.2, -0.15) is 0 Å². The Morgan fingerprint density at radius 3 is 2.64 bits per heavy atom. The molecule has 3 heteroatoms. The van der Waals surface area contributed by atoms with Crippen LogP contribution in [0.2, 0.25) is 0 Å². The molecule has 1 fully saturated rings. The molecule has 1 aliphatic rings. The second-order valence-electron chi connectivity index (χ2n) is 6.87. The van der Waals surface area contributed by atoms with Crippen molar-refractivity contribution in [1.82, 2.24) is 9.47 Å². The number of aromatic nitrogens is 1. The lowest BCUT2D eigenvalue weighted by atomic mass is 10.1. The van der Waals surface area contributed by atoms with Gasteiger partial charge in [0.05, 0.1) is 6.61 Å². The van der Waals surface area contributed by atoms with Gasteiger partial charge in [0.2, 0.25) is 0 Å². The molecule has 0 spiro atoms. The summed E-state index contributed by atoms with van der Waals surface area (Å²) in [6.45, 7) is 6.92. The van der Waals surface area contributed by atoms with Crippen LogP contribution in [0.25, 0.3) is 5.69 Å². The summed E-state index contributed by atoms with van der Waals surface area (Å²) in [4.78, 5) is 2.41. The van der Waals surface area contributed by atoms with E-state index in [4.69, 9.17) is 4.74 Å². The number of aryl methyl sites for hydroxylation is 2. The highest BCUT2D eigenvalue weighted by atomic mass is 16.5. The standard InChI is InChI=1S/C22H24N2O/c1-17-6-8-21(9-7-17)23-11-10-20(16-23)22-24(12-13-25-22)15-19-5-3-4-18(2)14-19/h3-11,14,16,22H,12-13,15H2,1-2H3/t22-/m1/s1. The minimum absolute atomic E-state index is 0.0345. The highest BCUT2D eigenvalue weighted by Crippen LogP contribution is 2.29. The fourth-order valence-corrected chi connectivity index (χ4v) is 3.45. The first-order valence-electron chi connectivity index (χ1n) is 8.85. The molecule has 4 rings (SSSR count). The minimum Gasteiger partial charge on any atom is -0.357 e. The Balaban J connectivity index is 1.53. The van der Waals surface area contributed by atoms with E-state index in [1.54, 1.807) is 0 Å². The third-order valence-electron chi connectivity index (χ3n) is 4.79. The Bertz CT molecular complexity index is 850. The SMILES string of the molecule is Cc1ccc(-n2ccc([C@H]3OCCN3Cc3cccc(C)c3)c2)cc1. The average molecular weight is 332 g/mol. The summed E-state index contributed by atoms with van der Waals surface area (Å²) >= 11 is 0. The van der Waals surface area contributed by atoms with Crippen molar-refractivity contribution >= 4 is 0 Å². The summed E-state index contributed by atoms with van der Waals surface area (Å²) in [5.74, 6) is 0. The first-order chi connectivity index (χ1) is 12.2. The van der Waals surface area contributed by atoms with Gasteiger partial charge < -0.3 is 9.30 Å². The Morgan fingerprint density at radius 2 is 1.84 bits per heavy atom. The molecule has 0 radical (unpaired) electrons. The topological polar surface area (TPSA) is 17.4 Å². The number of rotatable bonds is 4. The van der Waals surface area contributed by atoms with Crippen LogP contribution in [0.5, 0.6) is 0 Å². The molecule has 0 saturated carbocycles. The molecule has 3 aromatic rings. The van der Waals surface area contributed by atoms with Gasteiger partial charge in [-0.15, -0.1) is 0 Å². The molecular weight excluding hydrogens is 308 g/mol. The Kier molecular flexibility index (Phi) is 4.43. The summed E-state index contributed by atoms with van der Waals surface area (Å²) in [6, 6.07) is 19.5. The van der Waals surface area contributed by atoms with Gasteiger partial charge in [0.25, 0.3) is 0 Å². The van der Waals surface area contributed by atoms with Crippen molar-refractivity contribution in [3.8, 4) is 5.69 Å². The molecule has 2 heterocycles. The second-order valence-corrected chi connectivity index (χ2v) is 6.87. The molecule has 1 saturated heterocycles. The normalized spacial score (nSPS) is 17.9. The third kappa shape index (κ3) is 3.53. The largest absolute Gasteiger partial charge is 0.357 e. The highest BCUT2D eigenvalue weighted by Gasteiger charge is 2.27. The van der Waals surface area contributed by atoms with E-state index in [1.165, 1.54) is 27.9 Å². The first kappa shape index (κ1) is 16.1. The molecule has 0 bridgehead atoms. The Labute approximate surface area is 149 Å². The van der Waals surface area contributed by atoms with Gasteiger partial charge in [-0.05, 0) is 37.6 Å². The predicted molar refractivity (Wildman–Crippen MR) is 101 cm³/mol. The van der Waals surface area contributed by atoms with E-state index in [-0.39, 0.29) is 6.23 Å². The third-order valence-corrected chi connectivity index (χ3v) is 4.79. The van der Waals surface area contributed by atoms with Crippen molar-refractivity contribution in [2.45, 2.75) is 26.6 Å². The van der Waals surface area contributed by atoms with Gasteiger partial charge in [0.15, 0.2) is 0 Å². The number of nitrogens with zero attached hydrogens (tertiary/aromatic N) is 2. The van der Waals surface area contributed by atoms with E-state index in [0.717, 1.165) is 19.7 Å². The molecule has 1 aromatic heterocycles. The van der Waals surface area contributed by atoms with Gasteiger partial charge in [-0.25, -0.2) is 0 Å². The number of hydrogen-bond acceptors (Lipinski definition) is 2. The van der Waals surface area contributed by atoms with Crippen molar-refractivity contribution in [3.05, 3.63) is 89.2 Å². The lowest BCUT2D eigenvalue weighted by Crippen LogP contribution is -2.23. The lowest BCUT2D eigenvalue weighted by Gasteiger charge is -2.22. The Hall–Kier alpha value is -2.36. The monoisotopic (exact) mass is 332 g/mol. The van der Waals surface area contributed by atoms with Crippen molar-refractivity contribution in [2.24, 2.45) is 0 Å². The van der Waals surface area contributed by atoms with E-state index in [2.05, 4.69) is 90.3 Å². The van der Waals surface area contributed by atoms with Gasteiger partial charge in [-0.3, -0.25) is 4.90 Å². The quantitative estimate of drug-likeness (QED) is 0.693. The summed E-state index contributed by atoms with van der Waals surface area (Å²) < 4.78 is 8.20. The van der Waals surface area contributed by atoms with Crippen molar-refractivity contribution in [1.29, 1.82) is 0 Å². The van der Waals surface area contributed by atoms with E-state index < -0.39 is 0 Å². The van der Waals surface area contributed by atoms with Crippen LogP contribution in [0.15, 0.2) is 67.0 Å². The minimum atomic E-state index is 0.0345. The zero-order valence-corrected chi connectivity index (χ0v) is 14.9. The lowest BCUT2D eigenvalue weighted by molar-refractivity contribution is 0.0288. The number of ether oxygens (including phenoxy) is 1. The summed E-state index contributed by atoms with van der Waals surface area (Å²) in [6.07, 6.45) is 4.34. The summed E-state index contributed by atoms with van der Waals surface area (Å²) in [5, 5.41) is 0. The zero-order valence-electron chi connectivity index (χ0n) is 14.9. The predicted octanol–water partition coefficient (Wildman–Crippen LogP) is 4.63. The van der Waals surface area contributed by atoms with Crippen LogP contribution in [0.1, 0.15) is 28.5 Å². The molecule has 0 aliphatic carbocycles. The average Bonchev–Trinajstić information content (AvgIpc) is 3.25. The van der Waals surface area contributed by atoms with Crippen LogP contribution in [0.3, 0.4) is 0 Å². The molecular formula is C22H24N2O. The van der Waals surface area contributed by atoms with Crippen LogP contribution >= 0.6 is 0 Å². The zero-order chi connectivity index (χ0) is 17.2. The number of hydrogen-bond donors (Lipinski definition) is 0. The van der Waals surface area contributed by atoms with Crippen molar-refractivity contribution in [3.63, 3.8) is 0 Å². The molecule has 3 nitrogen and oxygen atoms in total. The molecule has 2 aromatic carbocycles. The van der Waals surface area contributed by atoms with Crippen molar-refractivity contribution in [2.75, 3.05) is 13.2 Å². The van der Waals surface area contributed by atoms with Gasteiger partial charge in [0, 0.05) is 36.7 Å². The van der Waals surface area contributed by atoms with Crippen molar-refractivity contribution < 1.29 is 4.74 Å². The maximum Gasteiger partial charge on any atom is 0.138 e. The fraction of sp³-hybridized carbons (Fsp3) is 0.273. The van der Waals surface area contributed by atoms with Crippen LogP contribution in [-0.4, -0.2) is 22.6 Å². The molecule has 25 heavy (non-hydrogen) atoms. The molecule has 1 aliphatic heterocycles. The van der Waals surface area contributed by atoms with Gasteiger partial charge in [-0.1, -0.05) is 47.5 Å². The van der Waals surface area contributed by atoms with Crippen LogP contribution in [0, 0.1) is 13.8 Å². The smallest absolute Gasteiger partial charge is 0.138 e. The Morgan fingerprint density at radius 1 is 1.00 bits per heavy atom. The number of benzene rings is 2. The highest BCUT2D eigenvalue weighted by molar-refractivity contribution is 5.36. The molecule has 0 unspecified atom stereocenters. The van der Waals surface area contributed by atoms with E-state index in [9.17, 15) is 0 Å². The van der Waals surface area contributed by atoms with Crippen LogP contribution < -0.4 is 0 Å². The first-order valence-corrected chi connectivity index (χ1v) is 8.85. The molecule has 128 valence electrons. The van der Waals surface area contributed by atoms with Crippen LogP contribution in [0.4, 0.5) is 0 Å².